The maximum absolute atomic E-state index is 12.3. The van der Waals surface area contributed by atoms with Crippen LogP contribution in [-0.2, 0) is 0 Å². The van der Waals surface area contributed by atoms with E-state index in [1.165, 1.54) is 0 Å². The first kappa shape index (κ1) is 17.4. The molecule has 1 aliphatic heterocycles. The van der Waals surface area contributed by atoms with Crippen LogP contribution in [-0.4, -0.2) is 42.0 Å². The standard InChI is InChI=1S/C16H23ClN2O2S/c1-3-16(11-20)6-8-19(9-7-16)15(21)18-12-4-5-14(22-2)13(17)10-12/h4-5,10,20H,3,6-9,11H2,1-2H3,(H,18,21). The van der Waals surface area contributed by atoms with Gasteiger partial charge in [-0.2, -0.15) is 0 Å². The van der Waals surface area contributed by atoms with E-state index in [9.17, 15) is 9.90 Å². The van der Waals surface area contributed by atoms with Crippen molar-refractivity contribution in [1.29, 1.82) is 0 Å². The lowest BCUT2D eigenvalue weighted by Crippen LogP contribution is -2.46. The zero-order valence-corrected chi connectivity index (χ0v) is 14.6. The zero-order chi connectivity index (χ0) is 16.2. The van der Waals surface area contributed by atoms with Crippen LogP contribution in [0.5, 0.6) is 0 Å². The zero-order valence-electron chi connectivity index (χ0n) is 13.1. The Morgan fingerprint density at radius 2 is 2.14 bits per heavy atom. The monoisotopic (exact) mass is 342 g/mol. The van der Waals surface area contributed by atoms with Crippen molar-refractivity contribution in [2.24, 2.45) is 5.41 Å². The lowest BCUT2D eigenvalue weighted by molar-refractivity contribution is 0.0542. The van der Waals surface area contributed by atoms with Gasteiger partial charge in [0.25, 0.3) is 0 Å². The number of nitrogens with zero attached hydrogens (tertiary/aromatic N) is 1. The molecule has 6 heteroatoms. The van der Waals surface area contributed by atoms with Crippen LogP contribution in [0.3, 0.4) is 0 Å². The fourth-order valence-corrected chi connectivity index (χ4v) is 3.62. The number of carbonyl (C=O) groups is 1. The normalized spacial score (nSPS) is 17.4. The van der Waals surface area contributed by atoms with Crippen LogP contribution in [0.4, 0.5) is 10.5 Å². The van der Waals surface area contributed by atoms with Crippen molar-refractivity contribution in [3.63, 3.8) is 0 Å². The van der Waals surface area contributed by atoms with E-state index in [2.05, 4.69) is 12.2 Å². The first-order chi connectivity index (χ1) is 10.5. The lowest BCUT2D eigenvalue weighted by Gasteiger charge is -2.40. The van der Waals surface area contributed by atoms with Crippen LogP contribution in [0.2, 0.25) is 5.02 Å². The van der Waals surface area contributed by atoms with Gasteiger partial charge >= 0.3 is 6.03 Å². The fraction of sp³-hybridized carbons (Fsp3) is 0.562. The molecule has 1 aromatic carbocycles. The number of anilines is 1. The van der Waals surface area contributed by atoms with E-state index in [-0.39, 0.29) is 18.1 Å². The first-order valence-corrected chi connectivity index (χ1v) is 9.14. The average Bonchev–Trinajstić information content (AvgIpc) is 2.55. The summed E-state index contributed by atoms with van der Waals surface area (Å²) in [5.74, 6) is 0. The number of nitrogens with one attached hydrogen (secondary N) is 1. The van der Waals surface area contributed by atoms with Crippen molar-refractivity contribution >= 4 is 35.1 Å². The number of halogens is 1. The molecule has 1 aliphatic rings. The second-order valence-corrected chi connectivity index (χ2v) is 7.03. The van der Waals surface area contributed by atoms with Crippen LogP contribution in [0.1, 0.15) is 26.2 Å². The highest BCUT2D eigenvalue weighted by atomic mass is 35.5. The molecule has 2 amide bonds. The summed E-state index contributed by atoms with van der Waals surface area (Å²) in [6.07, 6.45) is 4.61. The van der Waals surface area contributed by atoms with Gasteiger partial charge in [-0.3, -0.25) is 0 Å². The van der Waals surface area contributed by atoms with Gasteiger partial charge in [-0.25, -0.2) is 4.79 Å². The molecule has 122 valence electrons. The largest absolute Gasteiger partial charge is 0.396 e. The molecule has 22 heavy (non-hydrogen) atoms. The molecular formula is C16H23ClN2O2S. The summed E-state index contributed by atoms with van der Waals surface area (Å²) < 4.78 is 0. The molecule has 0 atom stereocenters. The molecule has 2 rings (SSSR count). The molecule has 2 N–H and O–H groups in total. The van der Waals surface area contributed by atoms with Gasteiger partial charge in [0.05, 0.1) is 5.02 Å². The van der Waals surface area contributed by atoms with Crippen molar-refractivity contribution in [2.75, 3.05) is 31.3 Å². The summed E-state index contributed by atoms with van der Waals surface area (Å²) in [6, 6.07) is 5.45. The van der Waals surface area contributed by atoms with Gasteiger partial charge in [0.2, 0.25) is 0 Å². The Morgan fingerprint density at radius 1 is 1.45 bits per heavy atom. The Labute approximate surface area is 141 Å². The third-order valence-electron chi connectivity index (χ3n) is 4.60. The van der Waals surface area contributed by atoms with E-state index in [0.29, 0.717) is 23.8 Å². The van der Waals surface area contributed by atoms with Crippen molar-refractivity contribution < 1.29 is 9.90 Å². The number of likely N-dealkylation sites (tertiary alicyclic amines) is 1. The number of amides is 2. The number of hydrogen-bond donors (Lipinski definition) is 2. The average molecular weight is 343 g/mol. The van der Waals surface area contributed by atoms with Crippen LogP contribution in [0.25, 0.3) is 0 Å². The van der Waals surface area contributed by atoms with Gasteiger partial charge in [-0.15, -0.1) is 11.8 Å². The fourth-order valence-electron chi connectivity index (χ4n) is 2.75. The number of aliphatic hydroxyl groups is 1. The maximum Gasteiger partial charge on any atom is 0.321 e. The molecule has 0 spiro atoms. The Kier molecular flexibility index (Phi) is 6.01. The molecule has 1 saturated heterocycles. The van der Waals surface area contributed by atoms with Gasteiger partial charge < -0.3 is 15.3 Å². The van der Waals surface area contributed by atoms with Gasteiger partial charge in [0.1, 0.15) is 0 Å². The maximum atomic E-state index is 12.3. The van der Waals surface area contributed by atoms with Gasteiger partial charge in [-0.05, 0) is 49.1 Å². The summed E-state index contributed by atoms with van der Waals surface area (Å²) in [6.45, 7) is 3.65. The second-order valence-electron chi connectivity index (χ2n) is 5.78. The Balaban J connectivity index is 1.95. The number of rotatable bonds is 4. The van der Waals surface area contributed by atoms with Gasteiger partial charge in [0, 0.05) is 30.3 Å². The van der Waals surface area contributed by atoms with Crippen LogP contribution < -0.4 is 5.32 Å². The molecule has 1 heterocycles. The molecular weight excluding hydrogens is 320 g/mol. The van der Waals surface area contributed by atoms with Crippen molar-refractivity contribution in [3.05, 3.63) is 23.2 Å². The van der Waals surface area contributed by atoms with E-state index in [4.69, 9.17) is 11.6 Å². The molecule has 0 bridgehead atoms. The number of urea groups is 1. The minimum absolute atomic E-state index is 0.0138. The number of aliphatic hydroxyl groups excluding tert-OH is 1. The molecule has 0 aromatic heterocycles. The predicted octanol–water partition coefficient (Wildman–Crippen LogP) is 4.08. The smallest absolute Gasteiger partial charge is 0.321 e. The van der Waals surface area contributed by atoms with E-state index >= 15 is 0 Å². The molecule has 0 aliphatic carbocycles. The molecule has 0 unspecified atom stereocenters. The molecule has 4 nitrogen and oxygen atoms in total. The number of benzene rings is 1. The second kappa shape index (κ2) is 7.57. The number of hydrogen-bond acceptors (Lipinski definition) is 3. The highest BCUT2D eigenvalue weighted by Crippen LogP contribution is 2.34. The predicted molar refractivity (Wildman–Crippen MR) is 92.9 cm³/mol. The summed E-state index contributed by atoms with van der Waals surface area (Å²) >= 11 is 7.74. The summed E-state index contributed by atoms with van der Waals surface area (Å²) in [5.41, 5.74) is 0.697. The Bertz CT molecular complexity index is 525. The van der Waals surface area contributed by atoms with Crippen molar-refractivity contribution in [3.8, 4) is 0 Å². The quantitative estimate of drug-likeness (QED) is 0.811. The number of carbonyl (C=O) groups excluding carboxylic acids is 1. The highest BCUT2D eigenvalue weighted by molar-refractivity contribution is 7.98. The third-order valence-corrected chi connectivity index (χ3v) is 5.82. The summed E-state index contributed by atoms with van der Waals surface area (Å²) in [4.78, 5) is 15.1. The van der Waals surface area contributed by atoms with Gasteiger partial charge in [0.15, 0.2) is 0 Å². The SMILES string of the molecule is CCC1(CO)CCN(C(=O)Nc2ccc(SC)c(Cl)c2)CC1. The Morgan fingerprint density at radius 3 is 2.64 bits per heavy atom. The first-order valence-electron chi connectivity index (χ1n) is 7.54. The van der Waals surface area contributed by atoms with E-state index in [1.54, 1.807) is 22.7 Å². The third kappa shape index (κ3) is 3.89. The van der Waals surface area contributed by atoms with Crippen molar-refractivity contribution in [2.45, 2.75) is 31.1 Å². The van der Waals surface area contributed by atoms with E-state index in [1.807, 2.05) is 18.4 Å². The van der Waals surface area contributed by atoms with Crippen LogP contribution >= 0.6 is 23.4 Å². The molecule has 1 fully saturated rings. The molecule has 1 aromatic rings. The minimum atomic E-state index is -0.101. The lowest BCUT2D eigenvalue weighted by atomic mass is 9.77. The number of piperidine rings is 1. The van der Waals surface area contributed by atoms with Crippen LogP contribution in [0, 0.1) is 5.41 Å². The molecule has 0 radical (unpaired) electrons. The summed E-state index contributed by atoms with van der Waals surface area (Å²) in [7, 11) is 0. The van der Waals surface area contributed by atoms with Gasteiger partial charge in [-0.1, -0.05) is 18.5 Å². The summed E-state index contributed by atoms with van der Waals surface area (Å²) in [5, 5.41) is 13.1. The molecule has 0 saturated carbocycles. The van der Waals surface area contributed by atoms with Crippen LogP contribution in [0.15, 0.2) is 23.1 Å². The highest BCUT2D eigenvalue weighted by Gasteiger charge is 2.33. The van der Waals surface area contributed by atoms with E-state index in [0.717, 1.165) is 24.2 Å². The van der Waals surface area contributed by atoms with E-state index < -0.39 is 0 Å². The topological polar surface area (TPSA) is 52.6 Å². The number of thioether (sulfide) groups is 1. The van der Waals surface area contributed by atoms with Crippen molar-refractivity contribution in [1.82, 2.24) is 4.90 Å². The minimum Gasteiger partial charge on any atom is -0.396 e. The Hall–Kier alpha value is -0.910.